The Morgan fingerprint density at radius 3 is 2.88 bits per heavy atom. The van der Waals surface area contributed by atoms with Crippen LogP contribution in [0.4, 0.5) is 0 Å². The number of hydrogen-bond donors (Lipinski definition) is 2. The first kappa shape index (κ1) is 18.2. The van der Waals surface area contributed by atoms with Crippen molar-refractivity contribution in [2.24, 2.45) is 5.92 Å². The van der Waals surface area contributed by atoms with Gasteiger partial charge < -0.3 is 19.9 Å². The number of hydrogen-bond acceptors (Lipinski definition) is 5. The van der Waals surface area contributed by atoms with Crippen LogP contribution >= 0.6 is 0 Å². The Morgan fingerprint density at radius 1 is 1.54 bits per heavy atom. The number of pyridine rings is 1. The van der Waals surface area contributed by atoms with Crippen LogP contribution in [0.5, 0.6) is 5.88 Å². The normalized spacial score (nSPS) is 19.8. The van der Waals surface area contributed by atoms with Gasteiger partial charge in [0.2, 0.25) is 5.88 Å². The van der Waals surface area contributed by atoms with Gasteiger partial charge in [-0.25, -0.2) is 4.98 Å². The van der Waals surface area contributed by atoms with E-state index < -0.39 is 11.5 Å². The van der Waals surface area contributed by atoms with Gasteiger partial charge in [0, 0.05) is 24.2 Å². The molecule has 0 radical (unpaired) electrons. The van der Waals surface area contributed by atoms with Crippen molar-refractivity contribution in [3.8, 4) is 5.88 Å². The van der Waals surface area contributed by atoms with Crippen LogP contribution in [-0.4, -0.2) is 46.8 Å². The largest absolute Gasteiger partial charge is 0.481 e. The van der Waals surface area contributed by atoms with Gasteiger partial charge in [-0.05, 0) is 18.9 Å². The molecule has 0 bridgehead atoms. The van der Waals surface area contributed by atoms with Gasteiger partial charge in [0.05, 0.1) is 25.2 Å². The van der Waals surface area contributed by atoms with E-state index in [1.54, 1.807) is 19.1 Å². The summed E-state index contributed by atoms with van der Waals surface area (Å²) < 4.78 is 10.9. The first-order valence-electron chi connectivity index (χ1n) is 8.05. The SMILES string of the molecule is CC(C)C(C)(CC(=O)O)NC(=O)c1ccnc(OC2CCOC2)c1. The molecule has 2 unspecified atom stereocenters. The van der Waals surface area contributed by atoms with Gasteiger partial charge in [0.25, 0.3) is 5.91 Å². The summed E-state index contributed by atoms with van der Waals surface area (Å²) in [5.74, 6) is -0.970. The van der Waals surface area contributed by atoms with Crippen molar-refractivity contribution in [3.05, 3.63) is 23.9 Å². The summed E-state index contributed by atoms with van der Waals surface area (Å²) in [6.45, 7) is 6.67. The fourth-order valence-corrected chi connectivity index (χ4v) is 2.43. The molecule has 1 aromatic rings. The second-order valence-corrected chi connectivity index (χ2v) is 6.58. The number of rotatable bonds is 7. The molecule has 7 heteroatoms. The number of carboxylic acid groups (broad SMARTS) is 1. The second kappa shape index (κ2) is 7.61. The van der Waals surface area contributed by atoms with E-state index >= 15 is 0 Å². The molecule has 1 aromatic heterocycles. The third-order valence-corrected chi connectivity index (χ3v) is 4.36. The number of carbonyl (C=O) groups excluding carboxylic acids is 1. The third kappa shape index (κ3) is 4.67. The predicted molar refractivity (Wildman–Crippen MR) is 87.1 cm³/mol. The number of aliphatic carboxylic acids is 1. The molecule has 1 amide bonds. The minimum Gasteiger partial charge on any atom is -0.481 e. The smallest absolute Gasteiger partial charge is 0.305 e. The Hall–Kier alpha value is -2.15. The lowest BCUT2D eigenvalue weighted by Crippen LogP contribution is -2.51. The molecule has 0 spiro atoms. The molecule has 0 aromatic carbocycles. The molecule has 0 aliphatic carbocycles. The molecule has 24 heavy (non-hydrogen) atoms. The first-order valence-corrected chi connectivity index (χ1v) is 8.05. The number of nitrogens with zero attached hydrogens (tertiary/aromatic N) is 1. The maximum absolute atomic E-state index is 12.5. The highest BCUT2D eigenvalue weighted by atomic mass is 16.5. The molecule has 132 valence electrons. The Balaban J connectivity index is 2.09. The van der Waals surface area contributed by atoms with Crippen molar-refractivity contribution in [1.82, 2.24) is 10.3 Å². The zero-order valence-electron chi connectivity index (χ0n) is 14.2. The molecular formula is C17H24N2O5. The van der Waals surface area contributed by atoms with E-state index in [2.05, 4.69) is 10.3 Å². The third-order valence-electron chi connectivity index (χ3n) is 4.36. The topological polar surface area (TPSA) is 97.8 Å². The Bertz CT molecular complexity index is 598. The summed E-state index contributed by atoms with van der Waals surface area (Å²) in [6.07, 6.45) is 2.10. The van der Waals surface area contributed by atoms with Crippen molar-refractivity contribution in [2.75, 3.05) is 13.2 Å². The van der Waals surface area contributed by atoms with E-state index in [4.69, 9.17) is 14.6 Å². The van der Waals surface area contributed by atoms with Gasteiger partial charge >= 0.3 is 5.97 Å². The van der Waals surface area contributed by atoms with Gasteiger partial charge in [-0.1, -0.05) is 13.8 Å². The molecule has 2 rings (SSSR count). The average molecular weight is 336 g/mol. The van der Waals surface area contributed by atoms with Crippen LogP contribution in [0, 0.1) is 5.92 Å². The second-order valence-electron chi connectivity index (χ2n) is 6.58. The van der Waals surface area contributed by atoms with Crippen LogP contribution < -0.4 is 10.1 Å². The maximum Gasteiger partial charge on any atom is 0.305 e. The molecule has 2 atom stereocenters. The van der Waals surface area contributed by atoms with Gasteiger partial charge in [-0.2, -0.15) is 0 Å². The number of carboxylic acids is 1. The molecule has 7 nitrogen and oxygen atoms in total. The standard InChI is InChI=1S/C17H24N2O5/c1-11(2)17(3,9-15(20)21)19-16(22)12-4-6-18-14(8-12)24-13-5-7-23-10-13/h4,6,8,11,13H,5,7,9-10H2,1-3H3,(H,19,22)(H,20,21). The van der Waals surface area contributed by atoms with Crippen molar-refractivity contribution >= 4 is 11.9 Å². The van der Waals surface area contributed by atoms with Gasteiger partial charge in [0.1, 0.15) is 6.10 Å². The van der Waals surface area contributed by atoms with Crippen LogP contribution in [0.15, 0.2) is 18.3 Å². The van der Waals surface area contributed by atoms with Crippen molar-refractivity contribution < 1.29 is 24.2 Å². The summed E-state index contributed by atoms with van der Waals surface area (Å²) in [7, 11) is 0. The minimum atomic E-state index is -0.952. The highest BCUT2D eigenvalue weighted by Crippen LogP contribution is 2.22. The van der Waals surface area contributed by atoms with Crippen molar-refractivity contribution in [3.63, 3.8) is 0 Å². The summed E-state index contributed by atoms with van der Waals surface area (Å²) >= 11 is 0. The van der Waals surface area contributed by atoms with E-state index in [0.717, 1.165) is 6.42 Å². The zero-order chi connectivity index (χ0) is 17.7. The van der Waals surface area contributed by atoms with E-state index in [0.29, 0.717) is 24.7 Å². The van der Waals surface area contributed by atoms with Crippen LogP contribution in [0.2, 0.25) is 0 Å². The molecule has 1 aliphatic rings. The first-order chi connectivity index (χ1) is 11.3. The summed E-state index contributed by atoms with van der Waals surface area (Å²) in [5.41, 5.74) is -0.455. The van der Waals surface area contributed by atoms with Crippen LogP contribution in [0.1, 0.15) is 44.0 Å². The molecule has 1 saturated heterocycles. The van der Waals surface area contributed by atoms with E-state index in [1.165, 1.54) is 6.20 Å². The van der Waals surface area contributed by atoms with Crippen LogP contribution in [0.3, 0.4) is 0 Å². The Kier molecular flexibility index (Phi) is 5.77. The lowest BCUT2D eigenvalue weighted by molar-refractivity contribution is -0.138. The molecular weight excluding hydrogens is 312 g/mol. The van der Waals surface area contributed by atoms with Crippen molar-refractivity contribution in [2.45, 2.75) is 45.3 Å². The lowest BCUT2D eigenvalue weighted by atomic mass is 9.85. The fraction of sp³-hybridized carbons (Fsp3) is 0.588. The summed E-state index contributed by atoms with van der Waals surface area (Å²) in [6, 6.07) is 3.14. The summed E-state index contributed by atoms with van der Waals surface area (Å²) in [4.78, 5) is 27.7. The molecule has 0 saturated carbocycles. The highest BCUT2D eigenvalue weighted by molar-refractivity contribution is 5.95. The average Bonchev–Trinajstić information content (AvgIpc) is 2.99. The maximum atomic E-state index is 12.5. The van der Waals surface area contributed by atoms with E-state index in [9.17, 15) is 9.59 Å². The molecule has 1 aliphatic heterocycles. The Labute approximate surface area is 141 Å². The number of amides is 1. The molecule has 2 heterocycles. The molecule has 2 N–H and O–H groups in total. The van der Waals surface area contributed by atoms with E-state index in [-0.39, 0.29) is 24.3 Å². The van der Waals surface area contributed by atoms with Gasteiger partial charge in [-0.3, -0.25) is 9.59 Å². The Morgan fingerprint density at radius 2 is 2.29 bits per heavy atom. The number of nitrogens with one attached hydrogen (secondary N) is 1. The number of carbonyl (C=O) groups is 2. The highest BCUT2D eigenvalue weighted by Gasteiger charge is 2.33. The zero-order valence-corrected chi connectivity index (χ0v) is 14.2. The van der Waals surface area contributed by atoms with Crippen LogP contribution in [0.25, 0.3) is 0 Å². The monoisotopic (exact) mass is 336 g/mol. The van der Waals surface area contributed by atoms with Gasteiger partial charge in [0.15, 0.2) is 0 Å². The molecule has 1 fully saturated rings. The van der Waals surface area contributed by atoms with Crippen molar-refractivity contribution in [1.29, 1.82) is 0 Å². The van der Waals surface area contributed by atoms with Crippen LogP contribution in [-0.2, 0) is 9.53 Å². The summed E-state index contributed by atoms with van der Waals surface area (Å²) in [5, 5.41) is 11.9. The minimum absolute atomic E-state index is 0.0363. The lowest BCUT2D eigenvalue weighted by Gasteiger charge is -2.33. The number of ether oxygens (including phenoxy) is 2. The van der Waals surface area contributed by atoms with Gasteiger partial charge in [-0.15, -0.1) is 0 Å². The number of aromatic nitrogens is 1. The fourth-order valence-electron chi connectivity index (χ4n) is 2.43. The quantitative estimate of drug-likeness (QED) is 0.789. The predicted octanol–water partition coefficient (Wildman–Crippen LogP) is 1.87. The van der Waals surface area contributed by atoms with E-state index in [1.807, 2.05) is 13.8 Å².